The molecule has 0 amide bonds. The summed E-state index contributed by atoms with van der Waals surface area (Å²) in [6.45, 7) is 0. The van der Waals surface area contributed by atoms with Crippen LogP contribution in [0, 0.1) is 4.77 Å². The van der Waals surface area contributed by atoms with Crippen LogP contribution in [0.15, 0.2) is 18.5 Å². The number of hydrogen-bond acceptors (Lipinski definition) is 2. The molecule has 0 aliphatic rings. The molecule has 0 spiro atoms. The van der Waals surface area contributed by atoms with E-state index in [2.05, 4.69) is 22.2 Å². The Bertz CT molecular complexity index is 175. The highest BCUT2D eigenvalue weighted by molar-refractivity contribution is 7.71. The van der Waals surface area contributed by atoms with E-state index in [-0.39, 0.29) is 0 Å². The van der Waals surface area contributed by atoms with Crippen molar-refractivity contribution >= 4 is 12.2 Å². The Hall–Kier alpha value is -0.700. The van der Waals surface area contributed by atoms with E-state index in [0.717, 1.165) is 0 Å². The maximum atomic E-state index is 4.65. The van der Waals surface area contributed by atoms with Crippen LogP contribution in [0.5, 0.6) is 0 Å². The van der Waals surface area contributed by atoms with Crippen LogP contribution in [-0.4, -0.2) is 9.97 Å². The van der Waals surface area contributed by atoms with Crippen LogP contribution in [0.25, 0.3) is 0 Å². The molecule has 0 saturated carbocycles. The first-order valence-electron chi connectivity index (χ1n) is 1.89. The van der Waals surface area contributed by atoms with Crippen molar-refractivity contribution in [3.63, 3.8) is 0 Å². The zero-order chi connectivity index (χ0) is 5.11. The Balaban J connectivity index is 3.28. The van der Waals surface area contributed by atoms with Crippen molar-refractivity contribution in [2.75, 3.05) is 0 Å². The van der Waals surface area contributed by atoms with Gasteiger partial charge < -0.3 is 4.98 Å². The minimum atomic E-state index is 0.530. The van der Waals surface area contributed by atoms with Gasteiger partial charge in [0.25, 0.3) is 0 Å². The second-order valence-electron chi connectivity index (χ2n) is 1.09. The summed E-state index contributed by atoms with van der Waals surface area (Å²) >= 11 is 4.65. The maximum Gasteiger partial charge on any atom is 0.196 e. The van der Waals surface area contributed by atoms with Crippen LogP contribution in [0.4, 0.5) is 0 Å². The topological polar surface area (TPSA) is 28.7 Å². The van der Waals surface area contributed by atoms with E-state index in [1.165, 1.54) is 0 Å². The van der Waals surface area contributed by atoms with Crippen molar-refractivity contribution < 1.29 is 0 Å². The smallest absolute Gasteiger partial charge is 0.196 e. The number of hydrogen-bond donors (Lipinski definition) is 1. The Morgan fingerprint density at radius 1 is 1.71 bits per heavy atom. The zero-order valence-electron chi connectivity index (χ0n) is 3.59. The Kier molecular flexibility index (Phi) is 1.17. The third-order valence-corrected chi connectivity index (χ3v) is 0.804. The van der Waals surface area contributed by atoms with Gasteiger partial charge in [-0.2, -0.15) is 0 Å². The quantitative estimate of drug-likeness (QED) is 0.511. The standard InChI is InChI=1S/C4H4N2S/c7-4-5-2-1-3-6-4/h1-3H,(H,5,6,7)/i5+1. The van der Waals surface area contributed by atoms with Gasteiger partial charge in [-0.1, -0.05) is 0 Å². The number of rotatable bonds is 0. The fourth-order valence-electron chi connectivity index (χ4n) is 0.310. The predicted molar refractivity (Wildman–Crippen MR) is 29.4 cm³/mol. The minimum Gasteiger partial charge on any atom is -0.337 e. The van der Waals surface area contributed by atoms with E-state index in [1.807, 2.05) is 0 Å². The molecule has 0 radical (unpaired) electrons. The van der Waals surface area contributed by atoms with Crippen molar-refractivity contribution in [3.8, 4) is 0 Å². The van der Waals surface area contributed by atoms with Gasteiger partial charge in [0.05, 0.1) is 0 Å². The summed E-state index contributed by atoms with van der Waals surface area (Å²) < 4.78 is 0.530. The summed E-state index contributed by atoms with van der Waals surface area (Å²) in [6, 6.07) is 1.79. The van der Waals surface area contributed by atoms with Crippen molar-refractivity contribution in [2.45, 2.75) is 0 Å². The molecule has 0 atom stereocenters. The lowest BCUT2D eigenvalue weighted by atomic mass is 10.7. The fourth-order valence-corrected chi connectivity index (χ4v) is 0.439. The maximum absolute atomic E-state index is 4.65. The molecular formula is C4H4N2S. The molecule has 0 unspecified atom stereocenters. The van der Waals surface area contributed by atoms with E-state index in [9.17, 15) is 0 Å². The largest absolute Gasteiger partial charge is 0.337 e. The molecule has 1 aromatic rings. The van der Waals surface area contributed by atoms with Gasteiger partial charge in [0.2, 0.25) is 0 Å². The average molecular weight is 113 g/mol. The number of nitrogens with one attached hydrogen (secondary N) is 1. The fraction of sp³-hybridized carbons (Fsp3) is 0. The van der Waals surface area contributed by atoms with E-state index in [1.54, 1.807) is 18.5 Å². The first-order chi connectivity index (χ1) is 3.39. The molecule has 1 rings (SSSR count). The lowest BCUT2D eigenvalue weighted by Crippen LogP contribution is -1.72. The van der Waals surface area contributed by atoms with Crippen LogP contribution >= 0.6 is 12.2 Å². The van der Waals surface area contributed by atoms with Gasteiger partial charge in [0.15, 0.2) is 4.77 Å². The van der Waals surface area contributed by atoms with Gasteiger partial charge >= 0.3 is 0 Å². The van der Waals surface area contributed by atoms with Gasteiger partial charge in [-0.3, -0.25) is 0 Å². The molecule has 0 aliphatic heterocycles. The minimum absolute atomic E-state index is 0.530. The SMILES string of the molecule is S=c1[nH]ccc[15n]1. The van der Waals surface area contributed by atoms with Crippen LogP contribution in [0.1, 0.15) is 0 Å². The summed E-state index contributed by atoms with van der Waals surface area (Å²) in [6.07, 6.45) is 3.40. The number of aromatic amines is 1. The molecule has 7 heavy (non-hydrogen) atoms. The first-order valence-corrected chi connectivity index (χ1v) is 2.30. The molecule has 0 saturated heterocycles. The third-order valence-electron chi connectivity index (χ3n) is 0.581. The first kappa shape index (κ1) is 4.46. The molecule has 0 bridgehead atoms. The summed E-state index contributed by atoms with van der Waals surface area (Å²) in [5.74, 6) is 0. The molecular weight excluding hydrogens is 109 g/mol. The van der Waals surface area contributed by atoms with Crippen molar-refractivity contribution in [1.29, 1.82) is 0 Å². The third kappa shape index (κ3) is 1.08. The summed E-state index contributed by atoms with van der Waals surface area (Å²) in [7, 11) is 0. The molecule has 1 heterocycles. The lowest BCUT2D eigenvalue weighted by molar-refractivity contribution is 1.13. The molecule has 0 aliphatic carbocycles. The molecule has 0 fully saturated rings. The van der Waals surface area contributed by atoms with E-state index in [4.69, 9.17) is 0 Å². The molecule has 1 N–H and O–H groups in total. The monoisotopic (exact) mass is 113 g/mol. The number of aromatic nitrogens is 2. The average Bonchev–Trinajstić information content (AvgIpc) is 1.69. The van der Waals surface area contributed by atoms with Crippen molar-refractivity contribution in [1.82, 2.24) is 9.97 Å². The van der Waals surface area contributed by atoms with Gasteiger partial charge in [-0.15, -0.1) is 0 Å². The molecule has 36 valence electrons. The zero-order valence-corrected chi connectivity index (χ0v) is 4.40. The van der Waals surface area contributed by atoms with Crippen LogP contribution < -0.4 is 0 Å². The Morgan fingerprint density at radius 3 is 2.86 bits per heavy atom. The van der Waals surface area contributed by atoms with Gasteiger partial charge in [-0.05, 0) is 18.3 Å². The van der Waals surface area contributed by atoms with E-state index in [0.29, 0.717) is 4.77 Å². The number of nitrogens with zero attached hydrogens (tertiary/aromatic N) is 1. The highest BCUT2D eigenvalue weighted by Gasteiger charge is 1.66. The summed E-state index contributed by atoms with van der Waals surface area (Å²) in [4.78, 5) is 6.47. The number of H-pyrrole nitrogens is 1. The van der Waals surface area contributed by atoms with Gasteiger partial charge in [-0.25, -0.2) is 4.98 Å². The highest BCUT2D eigenvalue weighted by atomic mass is 32.1. The normalized spacial score (nSPS) is 8.57. The predicted octanol–water partition coefficient (Wildman–Crippen LogP) is 1.14. The van der Waals surface area contributed by atoms with Crippen LogP contribution in [-0.2, 0) is 0 Å². The highest BCUT2D eigenvalue weighted by Crippen LogP contribution is 1.73. The van der Waals surface area contributed by atoms with Crippen LogP contribution in [0.2, 0.25) is 0 Å². The Morgan fingerprint density at radius 2 is 2.57 bits per heavy atom. The molecule has 2 nitrogen and oxygen atoms in total. The van der Waals surface area contributed by atoms with Gasteiger partial charge in [0.1, 0.15) is 0 Å². The van der Waals surface area contributed by atoms with Crippen molar-refractivity contribution in [2.24, 2.45) is 0 Å². The molecule has 0 aromatic carbocycles. The molecule has 3 heteroatoms. The second-order valence-corrected chi connectivity index (χ2v) is 1.47. The lowest BCUT2D eigenvalue weighted by Gasteiger charge is -1.75. The van der Waals surface area contributed by atoms with E-state index >= 15 is 0 Å². The molecule has 1 aromatic heterocycles. The van der Waals surface area contributed by atoms with E-state index < -0.39 is 0 Å². The summed E-state index contributed by atoms with van der Waals surface area (Å²) in [5.41, 5.74) is 0. The Labute approximate surface area is 46.2 Å². The van der Waals surface area contributed by atoms with Crippen LogP contribution in [0.3, 0.4) is 0 Å². The van der Waals surface area contributed by atoms with Gasteiger partial charge in [0, 0.05) is 12.4 Å². The summed E-state index contributed by atoms with van der Waals surface area (Å²) in [5, 5.41) is 0. The van der Waals surface area contributed by atoms with Crippen molar-refractivity contribution in [3.05, 3.63) is 23.2 Å². The second kappa shape index (κ2) is 1.84.